The van der Waals surface area contributed by atoms with Crippen LogP contribution >= 0.6 is 0 Å². The number of aromatic nitrogens is 3. The SMILES string of the molecule is CC(C)c1noc(CCNc2cccc(C#N)n2)n1. The van der Waals surface area contributed by atoms with E-state index >= 15 is 0 Å². The van der Waals surface area contributed by atoms with Gasteiger partial charge in [0.25, 0.3) is 0 Å². The maximum atomic E-state index is 8.75. The monoisotopic (exact) mass is 257 g/mol. The normalized spacial score (nSPS) is 10.4. The Balaban J connectivity index is 1.87. The van der Waals surface area contributed by atoms with Gasteiger partial charge in [0, 0.05) is 18.9 Å². The average Bonchev–Trinajstić information content (AvgIpc) is 2.88. The number of nitriles is 1. The van der Waals surface area contributed by atoms with E-state index in [1.165, 1.54) is 0 Å². The number of hydrogen-bond donors (Lipinski definition) is 1. The molecule has 0 bridgehead atoms. The van der Waals surface area contributed by atoms with Gasteiger partial charge in [-0.05, 0) is 12.1 Å². The largest absolute Gasteiger partial charge is 0.370 e. The van der Waals surface area contributed by atoms with Crippen LogP contribution in [0.4, 0.5) is 5.82 Å². The van der Waals surface area contributed by atoms with E-state index in [1.807, 2.05) is 26.0 Å². The summed E-state index contributed by atoms with van der Waals surface area (Å²) < 4.78 is 5.13. The highest BCUT2D eigenvalue weighted by molar-refractivity contribution is 5.38. The summed E-state index contributed by atoms with van der Waals surface area (Å²) in [6.45, 7) is 4.66. The molecule has 2 heterocycles. The molecule has 0 aliphatic rings. The van der Waals surface area contributed by atoms with Crippen molar-refractivity contribution in [3.8, 4) is 6.07 Å². The van der Waals surface area contributed by atoms with Crippen LogP contribution in [0.3, 0.4) is 0 Å². The van der Waals surface area contributed by atoms with Crippen LogP contribution in [-0.2, 0) is 6.42 Å². The lowest BCUT2D eigenvalue weighted by molar-refractivity contribution is 0.373. The van der Waals surface area contributed by atoms with Crippen LogP contribution in [0.2, 0.25) is 0 Å². The van der Waals surface area contributed by atoms with Crippen molar-refractivity contribution in [1.82, 2.24) is 15.1 Å². The zero-order valence-corrected chi connectivity index (χ0v) is 10.9. The fraction of sp³-hybridized carbons (Fsp3) is 0.385. The number of hydrogen-bond acceptors (Lipinski definition) is 6. The Hall–Kier alpha value is -2.42. The fourth-order valence-corrected chi connectivity index (χ4v) is 1.50. The molecule has 19 heavy (non-hydrogen) atoms. The topological polar surface area (TPSA) is 87.6 Å². The lowest BCUT2D eigenvalue weighted by Gasteiger charge is -2.02. The van der Waals surface area contributed by atoms with Gasteiger partial charge in [0.2, 0.25) is 5.89 Å². The molecule has 98 valence electrons. The van der Waals surface area contributed by atoms with Crippen LogP contribution in [0.1, 0.15) is 37.2 Å². The Bertz CT molecular complexity index is 585. The summed E-state index contributed by atoms with van der Waals surface area (Å²) >= 11 is 0. The van der Waals surface area contributed by atoms with Crippen molar-refractivity contribution in [2.75, 3.05) is 11.9 Å². The minimum absolute atomic E-state index is 0.263. The second-order valence-electron chi connectivity index (χ2n) is 4.40. The molecule has 0 aromatic carbocycles. The predicted molar refractivity (Wildman–Crippen MR) is 69.5 cm³/mol. The highest BCUT2D eigenvalue weighted by atomic mass is 16.5. The predicted octanol–water partition coefficient (Wildman–Crippen LogP) is 2.11. The second-order valence-corrected chi connectivity index (χ2v) is 4.40. The summed E-state index contributed by atoms with van der Waals surface area (Å²) in [7, 11) is 0. The minimum atomic E-state index is 0.263. The summed E-state index contributed by atoms with van der Waals surface area (Å²) in [6.07, 6.45) is 0.623. The van der Waals surface area contributed by atoms with Gasteiger partial charge in [0.05, 0.1) is 0 Å². The summed E-state index contributed by atoms with van der Waals surface area (Å²) in [5, 5.41) is 15.8. The second kappa shape index (κ2) is 5.96. The first-order valence-electron chi connectivity index (χ1n) is 6.12. The van der Waals surface area contributed by atoms with Gasteiger partial charge in [-0.3, -0.25) is 0 Å². The quantitative estimate of drug-likeness (QED) is 0.882. The molecule has 0 spiro atoms. The van der Waals surface area contributed by atoms with Crippen LogP contribution < -0.4 is 5.32 Å². The van der Waals surface area contributed by atoms with Gasteiger partial charge >= 0.3 is 0 Å². The zero-order valence-electron chi connectivity index (χ0n) is 10.9. The molecule has 0 aliphatic heterocycles. The van der Waals surface area contributed by atoms with Gasteiger partial charge in [-0.1, -0.05) is 25.1 Å². The van der Waals surface area contributed by atoms with E-state index in [1.54, 1.807) is 12.1 Å². The molecule has 2 aromatic heterocycles. The highest BCUT2D eigenvalue weighted by Gasteiger charge is 2.09. The number of nitrogens with one attached hydrogen (secondary N) is 1. The van der Waals surface area contributed by atoms with E-state index in [0.29, 0.717) is 30.4 Å². The highest BCUT2D eigenvalue weighted by Crippen LogP contribution is 2.10. The molecule has 0 saturated carbocycles. The fourth-order valence-electron chi connectivity index (χ4n) is 1.50. The maximum Gasteiger partial charge on any atom is 0.228 e. The van der Waals surface area contributed by atoms with E-state index in [2.05, 4.69) is 20.4 Å². The van der Waals surface area contributed by atoms with Crippen LogP contribution in [0.25, 0.3) is 0 Å². The number of rotatable bonds is 5. The molecule has 2 rings (SSSR count). The first-order chi connectivity index (χ1) is 9.19. The first kappa shape index (κ1) is 13.0. The van der Waals surface area contributed by atoms with Crippen molar-refractivity contribution in [2.45, 2.75) is 26.2 Å². The molecule has 2 aromatic rings. The van der Waals surface area contributed by atoms with Gasteiger partial charge in [-0.25, -0.2) is 4.98 Å². The van der Waals surface area contributed by atoms with Gasteiger partial charge < -0.3 is 9.84 Å². The minimum Gasteiger partial charge on any atom is -0.370 e. The molecule has 0 aliphatic carbocycles. The first-order valence-corrected chi connectivity index (χ1v) is 6.12. The van der Waals surface area contributed by atoms with Crippen LogP contribution in [-0.4, -0.2) is 21.7 Å². The summed E-state index contributed by atoms with van der Waals surface area (Å²) in [6, 6.07) is 7.27. The smallest absolute Gasteiger partial charge is 0.228 e. The van der Waals surface area contributed by atoms with E-state index in [9.17, 15) is 0 Å². The van der Waals surface area contributed by atoms with E-state index < -0.39 is 0 Å². The van der Waals surface area contributed by atoms with Crippen LogP contribution in [0.15, 0.2) is 22.7 Å². The summed E-state index contributed by atoms with van der Waals surface area (Å²) in [5.41, 5.74) is 0.393. The Labute approximate surface area is 111 Å². The molecular weight excluding hydrogens is 242 g/mol. The van der Waals surface area contributed by atoms with Crippen molar-refractivity contribution in [3.63, 3.8) is 0 Å². The zero-order chi connectivity index (χ0) is 13.7. The third-order valence-corrected chi connectivity index (χ3v) is 2.51. The molecule has 6 nitrogen and oxygen atoms in total. The van der Waals surface area contributed by atoms with E-state index in [4.69, 9.17) is 9.78 Å². The Morgan fingerprint density at radius 1 is 1.37 bits per heavy atom. The molecule has 0 amide bonds. The van der Waals surface area contributed by atoms with E-state index in [-0.39, 0.29) is 5.92 Å². The van der Waals surface area contributed by atoms with Gasteiger partial charge in [0.15, 0.2) is 5.82 Å². The Morgan fingerprint density at radius 3 is 2.89 bits per heavy atom. The average molecular weight is 257 g/mol. The number of anilines is 1. The summed E-state index contributed by atoms with van der Waals surface area (Å²) in [5.74, 6) is 2.26. The third kappa shape index (κ3) is 3.52. The third-order valence-electron chi connectivity index (χ3n) is 2.51. The molecular formula is C13H15N5O. The van der Waals surface area contributed by atoms with Crippen molar-refractivity contribution < 1.29 is 4.52 Å². The van der Waals surface area contributed by atoms with Gasteiger partial charge in [0.1, 0.15) is 17.6 Å². The van der Waals surface area contributed by atoms with Gasteiger partial charge in [-0.2, -0.15) is 10.2 Å². The van der Waals surface area contributed by atoms with Crippen LogP contribution in [0, 0.1) is 11.3 Å². The molecule has 0 radical (unpaired) electrons. The molecule has 0 atom stereocenters. The van der Waals surface area contributed by atoms with Crippen molar-refractivity contribution in [1.29, 1.82) is 5.26 Å². The molecule has 6 heteroatoms. The molecule has 0 saturated heterocycles. The van der Waals surface area contributed by atoms with Crippen molar-refractivity contribution in [2.24, 2.45) is 0 Å². The van der Waals surface area contributed by atoms with Crippen LogP contribution in [0.5, 0.6) is 0 Å². The van der Waals surface area contributed by atoms with Gasteiger partial charge in [-0.15, -0.1) is 0 Å². The standard InChI is InChI=1S/C13H15N5O/c1-9(2)13-17-12(19-18-13)6-7-15-11-5-3-4-10(8-14)16-11/h3-5,9H,6-7H2,1-2H3,(H,15,16). The number of nitrogens with zero attached hydrogens (tertiary/aromatic N) is 4. The molecule has 0 fully saturated rings. The lowest BCUT2D eigenvalue weighted by Crippen LogP contribution is -2.07. The Morgan fingerprint density at radius 2 is 2.21 bits per heavy atom. The molecule has 0 unspecified atom stereocenters. The lowest BCUT2D eigenvalue weighted by atomic mass is 10.2. The Kier molecular flexibility index (Phi) is 4.08. The maximum absolute atomic E-state index is 8.75. The number of pyridine rings is 1. The van der Waals surface area contributed by atoms with Crippen molar-refractivity contribution in [3.05, 3.63) is 35.6 Å². The molecule has 1 N–H and O–H groups in total. The van der Waals surface area contributed by atoms with E-state index in [0.717, 1.165) is 5.82 Å². The van der Waals surface area contributed by atoms with Crippen molar-refractivity contribution >= 4 is 5.82 Å². The summed E-state index contributed by atoms with van der Waals surface area (Å²) in [4.78, 5) is 8.40.